The maximum atomic E-state index is 12.3. The Hall–Kier alpha value is -3.95. The first-order chi connectivity index (χ1) is 19.9. The largest absolute Gasteiger partial charge is 0.492 e. The summed E-state index contributed by atoms with van der Waals surface area (Å²) in [7, 11) is -9.13. The third kappa shape index (κ3) is 9.53. The van der Waals surface area contributed by atoms with Crippen molar-refractivity contribution in [2.75, 3.05) is 39.6 Å². The molecule has 0 aliphatic rings. The Morgan fingerprint density at radius 2 is 1.19 bits per heavy atom. The van der Waals surface area contributed by atoms with Crippen LogP contribution in [0, 0.1) is 0 Å². The molecule has 0 aliphatic carbocycles. The van der Waals surface area contributed by atoms with E-state index in [9.17, 15) is 25.3 Å². The number of rotatable bonds is 13. The second-order valence-corrected chi connectivity index (χ2v) is 14.2. The lowest BCUT2D eigenvalue weighted by molar-refractivity contribution is 0.347. The summed E-state index contributed by atoms with van der Waals surface area (Å²) in [6, 6.07) is 11.7. The van der Waals surface area contributed by atoms with Crippen LogP contribution in [0.3, 0.4) is 0 Å². The van der Waals surface area contributed by atoms with Gasteiger partial charge in [-0.05, 0) is 61.4 Å². The fraction of sp³-hybridized carbons (Fsp3) is 0.286. The molecule has 12 nitrogen and oxygen atoms in total. The molecule has 0 saturated heterocycles. The summed E-state index contributed by atoms with van der Waals surface area (Å²) in [4.78, 5) is 0. The lowest BCUT2D eigenvalue weighted by Gasteiger charge is -2.21. The Labute approximate surface area is 252 Å². The van der Waals surface area contributed by atoms with Gasteiger partial charge in [0.25, 0.3) is 0 Å². The molecule has 0 radical (unpaired) electrons. The molecule has 0 fully saturated rings. The van der Waals surface area contributed by atoms with Crippen LogP contribution in [0.4, 0.5) is 0 Å². The zero-order valence-electron chi connectivity index (χ0n) is 24.5. The van der Waals surface area contributed by atoms with E-state index >= 15 is 0 Å². The van der Waals surface area contributed by atoms with Crippen molar-refractivity contribution in [1.82, 2.24) is 0 Å². The van der Waals surface area contributed by atoms with Crippen molar-refractivity contribution in [1.29, 1.82) is 0 Å². The first-order valence-electron chi connectivity index (χ1n) is 12.4. The molecule has 0 aromatic heterocycles. The Balaban J connectivity index is 2.30. The van der Waals surface area contributed by atoms with E-state index in [1.165, 1.54) is 44.6 Å². The zero-order chi connectivity index (χ0) is 32.2. The molecule has 0 N–H and O–H groups in total. The molecule has 0 unspecified atom stereocenters. The first-order valence-corrected chi connectivity index (χ1v) is 17.8. The van der Waals surface area contributed by atoms with Gasteiger partial charge in [0.05, 0.1) is 38.6 Å². The Kier molecular flexibility index (Phi) is 10.3. The number of hydrogen-bond donors (Lipinski definition) is 0. The van der Waals surface area contributed by atoms with Crippen LogP contribution in [0.1, 0.15) is 13.8 Å². The fourth-order valence-corrected chi connectivity index (χ4v) is 5.28. The molecule has 3 rings (SSSR count). The molecule has 0 atom stereocenters. The van der Waals surface area contributed by atoms with Crippen LogP contribution >= 0.6 is 0 Å². The van der Waals surface area contributed by atoms with Crippen molar-refractivity contribution in [2.45, 2.75) is 13.8 Å². The summed E-state index contributed by atoms with van der Waals surface area (Å²) in [5.74, 6) is 0.0836. The Morgan fingerprint density at radius 3 is 1.70 bits per heavy atom. The summed E-state index contributed by atoms with van der Waals surface area (Å²) in [5.41, 5.74) is 2.16. The third-order valence-electron chi connectivity index (χ3n) is 5.47. The van der Waals surface area contributed by atoms with Gasteiger partial charge in [-0.2, -0.15) is 25.3 Å². The third-order valence-corrected chi connectivity index (χ3v) is 6.93. The van der Waals surface area contributed by atoms with Crippen molar-refractivity contribution in [3.63, 3.8) is 0 Å². The quantitative estimate of drug-likeness (QED) is 0.189. The monoisotopic (exact) mass is 656 g/mol. The van der Waals surface area contributed by atoms with E-state index in [0.29, 0.717) is 11.1 Å². The van der Waals surface area contributed by atoms with Crippen LogP contribution in [-0.2, 0) is 30.4 Å². The van der Waals surface area contributed by atoms with Crippen molar-refractivity contribution >= 4 is 30.4 Å². The fourth-order valence-electron chi connectivity index (χ4n) is 3.90. The van der Waals surface area contributed by atoms with Crippen LogP contribution in [-0.4, -0.2) is 64.8 Å². The summed E-state index contributed by atoms with van der Waals surface area (Å²) in [6.07, 6.45) is 4.45. The zero-order valence-corrected chi connectivity index (χ0v) is 27.0. The minimum absolute atomic E-state index is 0.0543. The lowest BCUT2D eigenvalue weighted by atomic mass is 9.96. The first kappa shape index (κ1) is 33.6. The highest BCUT2D eigenvalue weighted by atomic mass is 32.2. The molecule has 0 aliphatic heterocycles. The van der Waals surface area contributed by atoms with Gasteiger partial charge in [0.1, 0.15) is 12.4 Å². The van der Waals surface area contributed by atoms with E-state index in [1.807, 2.05) is 13.8 Å². The molecule has 0 spiro atoms. The van der Waals surface area contributed by atoms with Crippen molar-refractivity contribution in [3.05, 3.63) is 60.2 Å². The van der Waals surface area contributed by atoms with E-state index in [0.717, 1.165) is 24.3 Å². The Morgan fingerprint density at radius 1 is 0.651 bits per heavy atom. The normalized spacial score (nSPS) is 11.8. The highest BCUT2D eigenvalue weighted by Crippen LogP contribution is 2.51. The predicted molar refractivity (Wildman–Crippen MR) is 162 cm³/mol. The highest BCUT2D eigenvalue weighted by molar-refractivity contribution is 7.86. The smallest absolute Gasteiger partial charge is 0.306 e. The van der Waals surface area contributed by atoms with Gasteiger partial charge in [-0.3, -0.25) is 0 Å². The molecule has 43 heavy (non-hydrogen) atoms. The van der Waals surface area contributed by atoms with E-state index in [4.69, 9.17) is 26.8 Å². The van der Waals surface area contributed by atoms with Gasteiger partial charge >= 0.3 is 30.4 Å². The molecule has 3 aromatic carbocycles. The molecular weight excluding hydrogens is 624 g/mol. The minimum Gasteiger partial charge on any atom is -0.492 e. The minimum atomic E-state index is -4.09. The van der Waals surface area contributed by atoms with Gasteiger partial charge in [-0.15, -0.1) is 0 Å². The maximum absolute atomic E-state index is 12.3. The number of hydrogen-bond acceptors (Lipinski definition) is 12. The molecule has 3 aromatic rings. The van der Waals surface area contributed by atoms with Gasteiger partial charge in [-0.1, -0.05) is 23.8 Å². The summed E-state index contributed by atoms with van der Waals surface area (Å²) in [5, 5.41) is 0. The van der Waals surface area contributed by atoms with Crippen LogP contribution in [0.15, 0.2) is 60.2 Å². The van der Waals surface area contributed by atoms with Crippen molar-refractivity contribution in [2.24, 2.45) is 0 Å². The molecule has 234 valence electrons. The molecular formula is C28H32O12S3. The lowest BCUT2D eigenvalue weighted by Crippen LogP contribution is -2.09. The number of ether oxygens (including phenoxy) is 3. The highest BCUT2D eigenvalue weighted by Gasteiger charge is 2.26. The number of benzene rings is 3. The van der Waals surface area contributed by atoms with E-state index < -0.39 is 30.4 Å². The van der Waals surface area contributed by atoms with Gasteiger partial charge in [0, 0.05) is 5.56 Å². The summed E-state index contributed by atoms with van der Waals surface area (Å²) >= 11 is 0. The van der Waals surface area contributed by atoms with E-state index in [2.05, 4.69) is 0 Å². The average molecular weight is 657 g/mol. The van der Waals surface area contributed by atoms with Crippen LogP contribution in [0.2, 0.25) is 0 Å². The molecule has 0 saturated carbocycles. The molecule has 0 amide bonds. The number of methoxy groups -OCH3 is 2. The average Bonchev–Trinajstić information content (AvgIpc) is 2.86. The van der Waals surface area contributed by atoms with E-state index in [1.54, 1.807) is 24.3 Å². The SMILES string of the molecule is COc1c(-c2ccc(OS(C)(=O)=O)cc2)cc(OS(C)(=O)=O)c(-c2ccc(OCC=C(C)C)c(OS(C)(=O)=O)c2)c1OC. The van der Waals surface area contributed by atoms with Gasteiger partial charge in [0.15, 0.2) is 28.7 Å². The molecule has 0 heterocycles. The van der Waals surface area contributed by atoms with Gasteiger partial charge in [0.2, 0.25) is 0 Å². The predicted octanol–water partition coefficient (Wildman–Crippen LogP) is 4.40. The van der Waals surface area contributed by atoms with Gasteiger partial charge in [-0.25, -0.2) is 0 Å². The van der Waals surface area contributed by atoms with Crippen LogP contribution in [0.25, 0.3) is 22.3 Å². The van der Waals surface area contributed by atoms with Crippen LogP contribution in [0.5, 0.6) is 34.5 Å². The van der Waals surface area contributed by atoms with Crippen molar-refractivity contribution < 1.29 is 52.0 Å². The maximum Gasteiger partial charge on any atom is 0.306 e. The second kappa shape index (κ2) is 13.1. The number of allylic oxidation sites excluding steroid dienone is 1. The molecule has 15 heteroatoms. The molecule has 0 bridgehead atoms. The van der Waals surface area contributed by atoms with Gasteiger partial charge < -0.3 is 26.8 Å². The Bertz CT molecular complexity index is 1840. The van der Waals surface area contributed by atoms with Crippen LogP contribution < -0.4 is 26.8 Å². The standard InChI is InChI=1S/C28H32O12S3/c1-18(2)14-15-37-23-13-10-20(16-24(23)39-42(6,31)32)26-25(40-43(7,33)34)17-22(27(35-3)28(26)36-4)19-8-11-21(12-9-19)38-41(5,29)30/h8-14,16-17H,15H2,1-7H3. The summed E-state index contributed by atoms with van der Waals surface area (Å²) in [6.45, 7) is 3.90. The van der Waals surface area contributed by atoms with E-state index in [-0.39, 0.29) is 52.2 Å². The second-order valence-electron chi connectivity index (χ2n) is 9.50. The topological polar surface area (TPSA) is 158 Å². The summed E-state index contributed by atoms with van der Waals surface area (Å²) < 4.78 is 104. The van der Waals surface area contributed by atoms with Crippen molar-refractivity contribution in [3.8, 4) is 56.8 Å².